The van der Waals surface area contributed by atoms with E-state index in [0.29, 0.717) is 11.3 Å². The van der Waals surface area contributed by atoms with Crippen LogP contribution >= 0.6 is 15.9 Å². The van der Waals surface area contributed by atoms with Crippen molar-refractivity contribution in [2.45, 2.75) is 0 Å². The first-order chi connectivity index (χ1) is 11.6. The van der Waals surface area contributed by atoms with E-state index in [0.717, 1.165) is 27.1 Å². The molecule has 1 aliphatic heterocycles. The molecule has 122 valence electrons. The highest BCUT2D eigenvalue weighted by molar-refractivity contribution is 9.10. The molecule has 0 unspecified atom stereocenters. The third kappa shape index (κ3) is 3.36. The van der Waals surface area contributed by atoms with Crippen molar-refractivity contribution in [2.24, 2.45) is 0 Å². The second-order valence-electron chi connectivity index (χ2n) is 5.12. The van der Waals surface area contributed by atoms with Crippen LogP contribution in [-0.4, -0.2) is 20.2 Å². The highest BCUT2D eigenvalue weighted by atomic mass is 79.9. The molecule has 2 aromatic carbocycles. The highest BCUT2D eigenvalue weighted by Crippen LogP contribution is 2.30. The Labute approximate surface area is 148 Å². The van der Waals surface area contributed by atoms with Crippen molar-refractivity contribution in [3.63, 3.8) is 0 Å². The van der Waals surface area contributed by atoms with Crippen LogP contribution in [0.3, 0.4) is 0 Å². The maximum atomic E-state index is 12.1. The topological polar surface area (TPSA) is 44.8 Å². The van der Waals surface area contributed by atoms with Gasteiger partial charge in [-0.2, -0.15) is 0 Å². The Morgan fingerprint density at radius 2 is 1.79 bits per heavy atom. The van der Waals surface area contributed by atoms with Gasteiger partial charge >= 0.3 is 5.97 Å². The molecule has 1 heterocycles. The van der Waals surface area contributed by atoms with Crippen LogP contribution in [0.5, 0.6) is 11.5 Å². The minimum absolute atomic E-state index is 0.368. The number of carbonyl (C=O) groups is 1. The van der Waals surface area contributed by atoms with E-state index in [2.05, 4.69) is 15.9 Å². The molecule has 4 nitrogen and oxygen atoms in total. The molecular weight excluding hydrogens is 372 g/mol. The number of ether oxygens (including phenoxy) is 3. The van der Waals surface area contributed by atoms with Crippen LogP contribution in [0.25, 0.3) is 11.8 Å². The molecule has 3 rings (SSSR count). The van der Waals surface area contributed by atoms with Gasteiger partial charge in [0.05, 0.1) is 24.3 Å². The second-order valence-corrected chi connectivity index (χ2v) is 5.97. The summed E-state index contributed by atoms with van der Waals surface area (Å²) in [6, 6.07) is 13.0. The smallest absolute Gasteiger partial charge is 0.343 e. The number of carbonyl (C=O) groups excluding carboxylic acids is 1. The zero-order valence-electron chi connectivity index (χ0n) is 13.2. The normalized spacial score (nSPS) is 15.2. The zero-order valence-corrected chi connectivity index (χ0v) is 14.8. The van der Waals surface area contributed by atoms with Crippen LogP contribution in [0.1, 0.15) is 11.1 Å². The lowest BCUT2D eigenvalue weighted by Gasteiger charge is -2.03. The van der Waals surface area contributed by atoms with E-state index in [-0.39, 0.29) is 5.97 Å². The maximum absolute atomic E-state index is 12.1. The van der Waals surface area contributed by atoms with E-state index in [9.17, 15) is 4.79 Å². The molecule has 0 amide bonds. The van der Waals surface area contributed by atoms with Gasteiger partial charge in [0.1, 0.15) is 17.3 Å². The average Bonchev–Trinajstić information content (AvgIpc) is 2.96. The molecule has 0 bridgehead atoms. The average molecular weight is 387 g/mol. The number of esters is 1. The Bertz CT molecular complexity index is 835. The number of hydrogen-bond acceptors (Lipinski definition) is 4. The Kier molecular flexibility index (Phi) is 4.71. The first-order valence-electron chi connectivity index (χ1n) is 7.24. The number of halogens is 1. The summed E-state index contributed by atoms with van der Waals surface area (Å²) < 4.78 is 16.5. The predicted molar refractivity (Wildman–Crippen MR) is 95.7 cm³/mol. The summed E-state index contributed by atoms with van der Waals surface area (Å²) in [5.74, 6) is 1.65. The molecular formula is C19H15BrO4. The molecule has 24 heavy (non-hydrogen) atoms. The lowest BCUT2D eigenvalue weighted by atomic mass is 10.1. The summed E-state index contributed by atoms with van der Waals surface area (Å²) >= 11 is 3.44. The van der Waals surface area contributed by atoms with Crippen LogP contribution in [0.2, 0.25) is 0 Å². The van der Waals surface area contributed by atoms with Gasteiger partial charge in [0, 0.05) is 5.56 Å². The maximum Gasteiger partial charge on any atom is 0.343 e. The lowest BCUT2D eigenvalue weighted by Crippen LogP contribution is -1.97. The van der Waals surface area contributed by atoms with Gasteiger partial charge in [0.15, 0.2) is 0 Å². The van der Waals surface area contributed by atoms with Crippen molar-refractivity contribution in [2.75, 3.05) is 14.2 Å². The molecule has 0 N–H and O–H groups in total. The van der Waals surface area contributed by atoms with Gasteiger partial charge in [0.2, 0.25) is 0 Å². The minimum Gasteiger partial charge on any atom is -0.497 e. The highest BCUT2D eigenvalue weighted by Gasteiger charge is 2.22. The fourth-order valence-corrected chi connectivity index (χ4v) is 2.90. The van der Waals surface area contributed by atoms with E-state index in [1.807, 2.05) is 42.5 Å². The largest absolute Gasteiger partial charge is 0.497 e. The van der Waals surface area contributed by atoms with E-state index in [4.69, 9.17) is 14.2 Å². The quantitative estimate of drug-likeness (QED) is 0.575. The number of hydrogen-bond donors (Lipinski definition) is 0. The summed E-state index contributed by atoms with van der Waals surface area (Å²) in [5.41, 5.74) is 2.20. The number of benzene rings is 2. The van der Waals surface area contributed by atoms with Crippen LogP contribution < -0.4 is 9.47 Å². The first-order valence-corrected chi connectivity index (χ1v) is 8.03. The molecule has 0 saturated carbocycles. The number of rotatable bonds is 4. The predicted octanol–water partition coefficient (Wildman–Crippen LogP) is 4.45. The molecule has 1 aliphatic rings. The summed E-state index contributed by atoms with van der Waals surface area (Å²) in [5, 5.41) is 0. The van der Waals surface area contributed by atoms with E-state index in [1.54, 1.807) is 26.4 Å². The lowest BCUT2D eigenvalue weighted by molar-refractivity contribution is -0.130. The molecule has 0 aromatic heterocycles. The molecule has 0 saturated heterocycles. The van der Waals surface area contributed by atoms with Gasteiger partial charge in [-0.15, -0.1) is 0 Å². The molecule has 0 aliphatic carbocycles. The van der Waals surface area contributed by atoms with E-state index in [1.165, 1.54) is 0 Å². The minimum atomic E-state index is -0.368. The second kappa shape index (κ2) is 6.93. The fourth-order valence-electron chi connectivity index (χ4n) is 2.34. The van der Waals surface area contributed by atoms with Crippen molar-refractivity contribution in [3.05, 3.63) is 69.7 Å². The van der Waals surface area contributed by atoms with Gasteiger partial charge in [0.25, 0.3) is 0 Å². The number of cyclic esters (lactones) is 1. The summed E-state index contributed by atoms with van der Waals surface area (Å²) in [6.45, 7) is 0. The number of methoxy groups -OCH3 is 2. The molecule has 5 heteroatoms. The zero-order chi connectivity index (χ0) is 17.1. The van der Waals surface area contributed by atoms with Gasteiger partial charge in [-0.3, -0.25) is 0 Å². The van der Waals surface area contributed by atoms with Crippen LogP contribution in [0, 0.1) is 0 Å². The van der Waals surface area contributed by atoms with Gasteiger partial charge in [-0.25, -0.2) is 4.79 Å². The third-order valence-corrected chi connectivity index (χ3v) is 4.22. The Balaban J connectivity index is 1.89. The SMILES string of the molecule is COc1ccc(C2=CC(=Cc3ccc(OC)c(Br)c3)C(=O)O2)cc1. The van der Waals surface area contributed by atoms with Crippen molar-refractivity contribution < 1.29 is 19.0 Å². The fraction of sp³-hybridized carbons (Fsp3) is 0.105. The molecule has 0 radical (unpaired) electrons. The molecule has 0 spiro atoms. The first kappa shape index (κ1) is 16.3. The van der Waals surface area contributed by atoms with Crippen LogP contribution in [-0.2, 0) is 9.53 Å². The van der Waals surface area contributed by atoms with Crippen molar-refractivity contribution in [1.29, 1.82) is 0 Å². The Morgan fingerprint density at radius 1 is 1.04 bits per heavy atom. The van der Waals surface area contributed by atoms with Crippen molar-refractivity contribution in [1.82, 2.24) is 0 Å². The standard InChI is InChI=1S/C19H15BrO4/c1-22-15-6-4-13(5-7-15)18-11-14(19(21)24-18)9-12-3-8-17(23-2)16(20)10-12/h3-11H,1-2H3. The summed E-state index contributed by atoms with van der Waals surface area (Å²) in [4.78, 5) is 12.1. The van der Waals surface area contributed by atoms with Crippen molar-refractivity contribution >= 4 is 33.7 Å². The van der Waals surface area contributed by atoms with Gasteiger partial charge < -0.3 is 14.2 Å². The van der Waals surface area contributed by atoms with Crippen molar-refractivity contribution in [3.8, 4) is 11.5 Å². The van der Waals surface area contributed by atoms with Crippen LogP contribution in [0.15, 0.2) is 58.6 Å². The molecule has 2 aromatic rings. The summed E-state index contributed by atoms with van der Waals surface area (Å²) in [7, 11) is 3.22. The molecule has 0 fully saturated rings. The van der Waals surface area contributed by atoms with Crippen LogP contribution in [0.4, 0.5) is 0 Å². The van der Waals surface area contributed by atoms with E-state index < -0.39 is 0 Å². The molecule has 0 atom stereocenters. The monoisotopic (exact) mass is 386 g/mol. The Morgan fingerprint density at radius 3 is 2.42 bits per heavy atom. The third-order valence-electron chi connectivity index (χ3n) is 3.60. The summed E-state index contributed by atoms with van der Waals surface area (Å²) in [6.07, 6.45) is 3.52. The van der Waals surface area contributed by atoms with Gasteiger partial charge in [-0.1, -0.05) is 6.07 Å². The Hall–Kier alpha value is -2.53. The van der Waals surface area contributed by atoms with Gasteiger partial charge in [-0.05, 0) is 70.0 Å². The van der Waals surface area contributed by atoms with E-state index >= 15 is 0 Å².